The van der Waals surface area contributed by atoms with Crippen LogP contribution in [0.4, 0.5) is 0 Å². The minimum absolute atomic E-state index is 0.0153. The number of carbonyl (C=O) groups excluding carboxylic acids is 1. The van der Waals surface area contributed by atoms with Crippen LogP contribution in [-0.2, 0) is 9.53 Å². The fraction of sp³-hybridized carbons (Fsp3) is 0.923. The summed E-state index contributed by atoms with van der Waals surface area (Å²) < 4.78 is 5.64. The lowest BCUT2D eigenvalue weighted by molar-refractivity contribution is -0.156. The van der Waals surface area contributed by atoms with Gasteiger partial charge in [0.2, 0.25) is 0 Å². The smallest absolute Gasteiger partial charge is 0.323 e. The monoisotopic (exact) mass is 225 g/mol. The summed E-state index contributed by atoms with van der Waals surface area (Å²) in [4.78, 5) is 11.9. The molecular formula is C13H23NO2. The molecule has 0 aromatic rings. The van der Waals surface area contributed by atoms with Crippen LogP contribution < -0.4 is 5.32 Å². The number of carbonyl (C=O) groups is 1. The van der Waals surface area contributed by atoms with Crippen LogP contribution in [-0.4, -0.2) is 24.7 Å². The second kappa shape index (κ2) is 5.67. The minimum atomic E-state index is -0.0390. The fourth-order valence-corrected chi connectivity index (χ4v) is 2.74. The molecule has 1 heterocycles. The molecule has 0 spiro atoms. The Morgan fingerprint density at radius 1 is 1.12 bits per heavy atom. The number of piperidine rings is 1. The van der Waals surface area contributed by atoms with Gasteiger partial charge >= 0.3 is 5.97 Å². The summed E-state index contributed by atoms with van der Waals surface area (Å²) in [5.74, 6) is 0.528. The number of rotatable bonds is 2. The molecule has 1 aliphatic carbocycles. The van der Waals surface area contributed by atoms with Gasteiger partial charge in [0.15, 0.2) is 0 Å². The Kier molecular flexibility index (Phi) is 4.22. The Bertz CT molecular complexity index is 236. The average molecular weight is 225 g/mol. The van der Waals surface area contributed by atoms with Gasteiger partial charge in [0, 0.05) is 0 Å². The van der Waals surface area contributed by atoms with E-state index in [1.807, 2.05) is 0 Å². The largest absolute Gasteiger partial charge is 0.461 e. The van der Waals surface area contributed by atoms with Crippen molar-refractivity contribution in [3.05, 3.63) is 0 Å². The molecule has 3 atom stereocenters. The lowest BCUT2D eigenvalue weighted by atomic mass is 9.88. The molecule has 0 bridgehead atoms. The SMILES string of the molecule is CC1CCCCC1OC(=O)C1CCCCN1. The summed E-state index contributed by atoms with van der Waals surface area (Å²) in [5.41, 5.74) is 0. The highest BCUT2D eigenvalue weighted by Gasteiger charge is 2.28. The Hall–Kier alpha value is -0.570. The Morgan fingerprint density at radius 2 is 1.88 bits per heavy atom. The third-order valence-corrected chi connectivity index (χ3v) is 3.90. The standard InChI is InChI=1S/C13H23NO2/c1-10-6-2-3-8-12(10)16-13(15)11-7-4-5-9-14-11/h10-12,14H,2-9H2,1H3. The predicted octanol–water partition coefficient (Wildman–Crippen LogP) is 2.25. The number of hydrogen-bond acceptors (Lipinski definition) is 3. The lowest BCUT2D eigenvalue weighted by Gasteiger charge is -2.31. The summed E-state index contributed by atoms with van der Waals surface area (Å²) in [7, 11) is 0. The zero-order valence-electron chi connectivity index (χ0n) is 10.2. The molecule has 0 aromatic carbocycles. The molecule has 3 nitrogen and oxygen atoms in total. The summed E-state index contributed by atoms with van der Waals surface area (Å²) >= 11 is 0. The maximum Gasteiger partial charge on any atom is 0.323 e. The summed E-state index contributed by atoms with van der Waals surface area (Å²) in [6.07, 6.45) is 8.20. The molecule has 2 aliphatic rings. The first kappa shape index (κ1) is 11.9. The second-order valence-corrected chi connectivity index (χ2v) is 5.24. The first-order valence-corrected chi connectivity index (χ1v) is 6.71. The Balaban J connectivity index is 1.80. The van der Waals surface area contributed by atoms with Gasteiger partial charge < -0.3 is 10.1 Å². The van der Waals surface area contributed by atoms with Gasteiger partial charge in [0.1, 0.15) is 12.1 Å². The van der Waals surface area contributed by atoms with Crippen LogP contribution >= 0.6 is 0 Å². The molecule has 0 aromatic heterocycles. The van der Waals surface area contributed by atoms with Crippen LogP contribution in [0.3, 0.4) is 0 Å². The highest BCUT2D eigenvalue weighted by Crippen LogP contribution is 2.26. The molecule has 0 amide bonds. The van der Waals surface area contributed by atoms with E-state index in [2.05, 4.69) is 12.2 Å². The van der Waals surface area contributed by atoms with E-state index in [0.717, 1.165) is 25.8 Å². The van der Waals surface area contributed by atoms with Crippen molar-refractivity contribution in [1.82, 2.24) is 5.32 Å². The van der Waals surface area contributed by atoms with Crippen molar-refractivity contribution in [2.24, 2.45) is 5.92 Å². The van der Waals surface area contributed by atoms with Crippen molar-refractivity contribution in [3.8, 4) is 0 Å². The molecule has 16 heavy (non-hydrogen) atoms. The van der Waals surface area contributed by atoms with E-state index in [4.69, 9.17) is 4.74 Å². The average Bonchev–Trinajstić information content (AvgIpc) is 2.33. The number of nitrogens with one attached hydrogen (secondary N) is 1. The van der Waals surface area contributed by atoms with Gasteiger partial charge in [0.25, 0.3) is 0 Å². The van der Waals surface area contributed by atoms with E-state index < -0.39 is 0 Å². The van der Waals surface area contributed by atoms with Crippen LogP contribution in [0.2, 0.25) is 0 Å². The predicted molar refractivity (Wildman–Crippen MR) is 63.2 cm³/mol. The fourth-order valence-electron chi connectivity index (χ4n) is 2.74. The molecule has 2 fully saturated rings. The number of ether oxygens (including phenoxy) is 1. The maximum absolute atomic E-state index is 11.9. The first-order chi connectivity index (χ1) is 7.77. The summed E-state index contributed by atoms with van der Waals surface area (Å²) in [6.45, 7) is 3.16. The van der Waals surface area contributed by atoms with E-state index in [0.29, 0.717) is 5.92 Å². The van der Waals surface area contributed by atoms with Gasteiger partial charge in [0.05, 0.1) is 0 Å². The zero-order chi connectivity index (χ0) is 11.4. The maximum atomic E-state index is 11.9. The highest BCUT2D eigenvalue weighted by molar-refractivity contribution is 5.76. The molecule has 2 rings (SSSR count). The van der Waals surface area contributed by atoms with Gasteiger partial charge in [-0.25, -0.2) is 0 Å². The van der Waals surface area contributed by atoms with E-state index in [9.17, 15) is 4.79 Å². The van der Waals surface area contributed by atoms with Crippen LogP contribution in [0.1, 0.15) is 51.9 Å². The van der Waals surface area contributed by atoms with Crippen molar-refractivity contribution in [2.45, 2.75) is 64.0 Å². The van der Waals surface area contributed by atoms with Gasteiger partial charge in [-0.05, 0) is 44.6 Å². The lowest BCUT2D eigenvalue weighted by Crippen LogP contribution is -2.43. The number of esters is 1. The van der Waals surface area contributed by atoms with Crippen molar-refractivity contribution in [3.63, 3.8) is 0 Å². The Morgan fingerprint density at radius 3 is 2.56 bits per heavy atom. The third-order valence-electron chi connectivity index (χ3n) is 3.90. The third kappa shape index (κ3) is 2.97. The molecule has 92 valence electrons. The van der Waals surface area contributed by atoms with Gasteiger partial charge in [-0.1, -0.05) is 19.8 Å². The quantitative estimate of drug-likeness (QED) is 0.733. The van der Waals surface area contributed by atoms with Crippen molar-refractivity contribution in [2.75, 3.05) is 6.54 Å². The van der Waals surface area contributed by atoms with Crippen molar-refractivity contribution < 1.29 is 9.53 Å². The minimum Gasteiger partial charge on any atom is -0.461 e. The van der Waals surface area contributed by atoms with Crippen molar-refractivity contribution in [1.29, 1.82) is 0 Å². The summed E-state index contributed by atoms with van der Waals surface area (Å²) in [5, 5.41) is 3.25. The van der Waals surface area contributed by atoms with E-state index in [1.54, 1.807) is 0 Å². The molecular weight excluding hydrogens is 202 g/mol. The van der Waals surface area contributed by atoms with Crippen LogP contribution in [0.25, 0.3) is 0 Å². The van der Waals surface area contributed by atoms with E-state index >= 15 is 0 Å². The van der Waals surface area contributed by atoms with Crippen LogP contribution in [0.5, 0.6) is 0 Å². The highest BCUT2D eigenvalue weighted by atomic mass is 16.5. The second-order valence-electron chi connectivity index (χ2n) is 5.24. The topological polar surface area (TPSA) is 38.3 Å². The molecule has 3 heteroatoms. The van der Waals surface area contributed by atoms with Gasteiger partial charge in [-0.2, -0.15) is 0 Å². The van der Waals surface area contributed by atoms with Crippen LogP contribution in [0, 0.1) is 5.92 Å². The summed E-state index contributed by atoms with van der Waals surface area (Å²) in [6, 6.07) is -0.0390. The molecule has 1 saturated heterocycles. The molecule has 1 N–H and O–H groups in total. The van der Waals surface area contributed by atoms with Gasteiger partial charge in [-0.3, -0.25) is 4.79 Å². The van der Waals surface area contributed by atoms with Gasteiger partial charge in [-0.15, -0.1) is 0 Å². The molecule has 1 aliphatic heterocycles. The normalized spacial score (nSPS) is 35.7. The Labute approximate surface area is 97.9 Å². The van der Waals surface area contributed by atoms with Crippen molar-refractivity contribution >= 4 is 5.97 Å². The first-order valence-electron chi connectivity index (χ1n) is 6.71. The molecule has 1 saturated carbocycles. The van der Waals surface area contributed by atoms with E-state index in [1.165, 1.54) is 25.7 Å². The molecule has 0 radical (unpaired) electrons. The van der Waals surface area contributed by atoms with Crippen LogP contribution in [0.15, 0.2) is 0 Å². The number of hydrogen-bond donors (Lipinski definition) is 1. The molecule has 3 unspecified atom stereocenters. The zero-order valence-corrected chi connectivity index (χ0v) is 10.2. The van der Waals surface area contributed by atoms with E-state index in [-0.39, 0.29) is 18.1 Å².